The molecule has 202 valence electrons. The number of amides is 1. The van der Waals surface area contributed by atoms with Crippen LogP contribution in [-0.4, -0.2) is 56.7 Å². The van der Waals surface area contributed by atoms with Crippen LogP contribution in [0.2, 0.25) is 10.0 Å². The second kappa shape index (κ2) is 11.3. The van der Waals surface area contributed by atoms with Gasteiger partial charge in [0.15, 0.2) is 5.65 Å². The normalized spacial score (nSPS) is 14.0. The zero-order valence-electron chi connectivity index (χ0n) is 22.1. The third-order valence-electron chi connectivity index (χ3n) is 7.18. The molecular formula is C31H28Cl2N6O. The van der Waals surface area contributed by atoms with Crippen molar-refractivity contribution in [2.24, 2.45) is 0 Å². The van der Waals surface area contributed by atoms with Crippen molar-refractivity contribution in [1.82, 2.24) is 24.6 Å². The number of aromatic nitrogens is 4. The minimum atomic E-state index is -0.0895. The van der Waals surface area contributed by atoms with Crippen LogP contribution in [0.4, 0.5) is 5.82 Å². The molecule has 2 aromatic heterocycles. The number of carbonyl (C=O) groups is 1. The molecule has 1 amide bonds. The number of hydrogen-bond acceptors (Lipinski definition) is 5. The van der Waals surface area contributed by atoms with Crippen LogP contribution >= 0.6 is 23.2 Å². The Hall–Kier alpha value is -3.94. The van der Waals surface area contributed by atoms with Crippen molar-refractivity contribution in [3.05, 3.63) is 112 Å². The number of carbonyl (C=O) groups excluding carboxylic acids is 1. The minimum Gasteiger partial charge on any atom is -0.354 e. The maximum Gasteiger partial charge on any atom is 0.255 e. The van der Waals surface area contributed by atoms with Crippen molar-refractivity contribution < 1.29 is 4.79 Å². The van der Waals surface area contributed by atoms with Gasteiger partial charge in [0.2, 0.25) is 0 Å². The van der Waals surface area contributed by atoms with E-state index in [9.17, 15) is 4.79 Å². The van der Waals surface area contributed by atoms with Gasteiger partial charge in [0.25, 0.3) is 5.91 Å². The number of hydrogen-bond donors (Lipinski definition) is 0. The van der Waals surface area contributed by atoms with Gasteiger partial charge in [-0.15, -0.1) is 0 Å². The van der Waals surface area contributed by atoms with E-state index in [2.05, 4.69) is 36.1 Å². The molecule has 0 radical (unpaired) electrons. The Balaban J connectivity index is 1.34. The van der Waals surface area contributed by atoms with E-state index in [0.717, 1.165) is 46.9 Å². The first-order valence-corrected chi connectivity index (χ1v) is 14.1. The molecule has 1 aliphatic heterocycles. The summed E-state index contributed by atoms with van der Waals surface area (Å²) < 4.78 is 1.87. The van der Waals surface area contributed by atoms with Gasteiger partial charge >= 0.3 is 0 Å². The summed E-state index contributed by atoms with van der Waals surface area (Å²) in [6.45, 7) is 4.64. The molecule has 9 heteroatoms. The lowest BCUT2D eigenvalue weighted by Crippen LogP contribution is -2.35. The quantitative estimate of drug-likeness (QED) is 0.245. The number of para-hydroxylation sites is 1. The molecular weight excluding hydrogens is 543 g/mol. The Labute approximate surface area is 243 Å². The van der Waals surface area contributed by atoms with Crippen molar-refractivity contribution in [2.45, 2.75) is 19.8 Å². The molecule has 40 heavy (non-hydrogen) atoms. The first-order chi connectivity index (χ1) is 19.5. The van der Waals surface area contributed by atoms with Crippen molar-refractivity contribution in [2.75, 3.05) is 31.1 Å². The minimum absolute atomic E-state index is 0.0895. The van der Waals surface area contributed by atoms with Gasteiger partial charge in [-0.05, 0) is 49.2 Å². The molecule has 7 nitrogen and oxygen atoms in total. The van der Waals surface area contributed by atoms with E-state index < -0.39 is 0 Å². The summed E-state index contributed by atoms with van der Waals surface area (Å²) in [6.07, 6.45) is 3.24. The van der Waals surface area contributed by atoms with E-state index in [-0.39, 0.29) is 5.91 Å². The van der Waals surface area contributed by atoms with Gasteiger partial charge in [-0.1, -0.05) is 71.2 Å². The topological polar surface area (TPSA) is 67.2 Å². The predicted molar refractivity (Wildman–Crippen MR) is 160 cm³/mol. The molecule has 0 unspecified atom stereocenters. The Kier molecular flexibility index (Phi) is 7.41. The van der Waals surface area contributed by atoms with Crippen molar-refractivity contribution in [3.63, 3.8) is 0 Å². The van der Waals surface area contributed by atoms with Crippen LogP contribution in [0.5, 0.6) is 0 Å². The highest BCUT2D eigenvalue weighted by molar-refractivity contribution is 6.36. The van der Waals surface area contributed by atoms with E-state index in [0.29, 0.717) is 41.7 Å². The van der Waals surface area contributed by atoms with E-state index in [1.807, 2.05) is 46.1 Å². The summed E-state index contributed by atoms with van der Waals surface area (Å²) in [7, 11) is 0. The molecule has 0 spiro atoms. The Morgan fingerprint density at radius 1 is 0.900 bits per heavy atom. The number of nitrogens with zero attached hydrogens (tertiary/aromatic N) is 6. The Bertz CT molecular complexity index is 1670. The summed E-state index contributed by atoms with van der Waals surface area (Å²) in [4.78, 5) is 27.5. The Morgan fingerprint density at radius 2 is 1.70 bits per heavy atom. The lowest BCUT2D eigenvalue weighted by atomic mass is 10.1. The van der Waals surface area contributed by atoms with E-state index in [1.54, 1.807) is 18.2 Å². The SMILES string of the molecule is Cc1ccc(Cc2nc(N3CCCN(C(=O)c4ccc(Cl)cc4Cl)CC3)c3cnn(-c4ccccc4)c3n2)cc1. The molecule has 1 saturated heterocycles. The summed E-state index contributed by atoms with van der Waals surface area (Å²) in [6, 6.07) is 23.5. The number of benzene rings is 3. The average molecular weight is 572 g/mol. The molecule has 3 heterocycles. The highest BCUT2D eigenvalue weighted by Crippen LogP contribution is 2.28. The summed E-state index contributed by atoms with van der Waals surface area (Å²) in [5.74, 6) is 1.48. The molecule has 5 aromatic rings. The van der Waals surface area contributed by atoms with Crippen LogP contribution in [-0.2, 0) is 6.42 Å². The largest absolute Gasteiger partial charge is 0.354 e. The number of rotatable bonds is 5. The smallest absolute Gasteiger partial charge is 0.255 e. The summed E-state index contributed by atoms with van der Waals surface area (Å²) in [5.41, 5.74) is 4.54. The number of aryl methyl sites for hydroxylation is 1. The van der Waals surface area contributed by atoms with E-state index in [4.69, 9.17) is 38.3 Å². The van der Waals surface area contributed by atoms with Gasteiger partial charge < -0.3 is 9.80 Å². The van der Waals surface area contributed by atoms with Crippen LogP contribution < -0.4 is 4.90 Å². The molecule has 0 aliphatic carbocycles. The summed E-state index contributed by atoms with van der Waals surface area (Å²) in [5, 5.41) is 6.46. The van der Waals surface area contributed by atoms with Crippen LogP contribution in [0.3, 0.4) is 0 Å². The predicted octanol–water partition coefficient (Wildman–Crippen LogP) is 6.37. The molecule has 1 fully saturated rings. The first kappa shape index (κ1) is 26.3. The zero-order valence-corrected chi connectivity index (χ0v) is 23.6. The van der Waals surface area contributed by atoms with E-state index >= 15 is 0 Å². The van der Waals surface area contributed by atoms with Gasteiger partial charge in [0.05, 0.1) is 27.9 Å². The standard InChI is InChI=1S/C31H28Cl2N6O/c1-21-8-10-22(11-9-21)18-28-35-29(26-20-34-39(30(26)36-28)24-6-3-2-4-7-24)37-14-5-15-38(17-16-37)31(40)25-13-12-23(32)19-27(25)33/h2-4,6-13,19-20H,5,14-18H2,1H3. The van der Waals surface area contributed by atoms with Crippen LogP contribution in [0.25, 0.3) is 16.7 Å². The molecule has 0 saturated carbocycles. The zero-order chi connectivity index (χ0) is 27.6. The Morgan fingerprint density at radius 3 is 2.48 bits per heavy atom. The van der Waals surface area contributed by atoms with Gasteiger partial charge in [-0.2, -0.15) is 5.10 Å². The highest BCUT2D eigenvalue weighted by atomic mass is 35.5. The van der Waals surface area contributed by atoms with Gasteiger partial charge in [0, 0.05) is 37.6 Å². The molecule has 0 N–H and O–H groups in total. The molecule has 0 atom stereocenters. The number of fused-ring (bicyclic) bond motifs is 1. The van der Waals surface area contributed by atoms with Crippen LogP contribution in [0, 0.1) is 6.92 Å². The monoisotopic (exact) mass is 570 g/mol. The number of anilines is 1. The van der Waals surface area contributed by atoms with Crippen LogP contribution in [0.15, 0.2) is 79.0 Å². The fourth-order valence-electron chi connectivity index (χ4n) is 5.07. The lowest BCUT2D eigenvalue weighted by molar-refractivity contribution is 0.0767. The third-order valence-corrected chi connectivity index (χ3v) is 7.73. The fourth-order valence-corrected chi connectivity index (χ4v) is 5.56. The molecule has 6 rings (SSSR count). The maximum absolute atomic E-state index is 13.3. The maximum atomic E-state index is 13.3. The van der Waals surface area contributed by atoms with E-state index in [1.165, 1.54) is 5.56 Å². The van der Waals surface area contributed by atoms with Gasteiger partial charge in [-0.25, -0.2) is 14.6 Å². The average Bonchev–Trinajstić information content (AvgIpc) is 3.23. The van der Waals surface area contributed by atoms with Gasteiger partial charge in [-0.3, -0.25) is 4.79 Å². The summed E-state index contributed by atoms with van der Waals surface area (Å²) >= 11 is 12.4. The second-order valence-electron chi connectivity index (χ2n) is 10.0. The van der Waals surface area contributed by atoms with Crippen molar-refractivity contribution in [1.29, 1.82) is 0 Å². The number of halogens is 2. The van der Waals surface area contributed by atoms with Crippen molar-refractivity contribution in [3.8, 4) is 5.69 Å². The molecule has 1 aliphatic rings. The van der Waals surface area contributed by atoms with Crippen molar-refractivity contribution >= 4 is 46.0 Å². The fraction of sp³-hybridized carbons (Fsp3) is 0.226. The third kappa shape index (κ3) is 5.40. The van der Waals surface area contributed by atoms with Crippen LogP contribution in [0.1, 0.15) is 33.7 Å². The molecule has 3 aromatic carbocycles. The second-order valence-corrected chi connectivity index (χ2v) is 10.9. The lowest BCUT2D eigenvalue weighted by Gasteiger charge is -2.24. The highest BCUT2D eigenvalue weighted by Gasteiger charge is 2.25. The molecule has 0 bridgehead atoms. The van der Waals surface area contributed by atoms with Gasteiger partial charge in [0.1, 0.15) is 11.6 Å². The first-order valence-electron chi connectivity index (χ1n) is 13.3.